The first kappa shape index (κ1) is 8.84. The molecule has 0 radical (unpaired) electrons. The van der Waals surface area contributed by atoms with Gasteiger partial charge in [-0.3, -0.25) is 10.1 Å². The molecule has 0 aliphatic heterocycles. The van der Waals surface area contributed by atoms with Gasteiger partial charge in [0.25, 0.3) is 0 Å². The first-order chi connectivity index (χ1) is 7.93. The maximum Gasteiger partial charge on any atom is 0.200 e. The fraction of sp³-hybridized carbons (Fsp3) is 0. The van der Waals surface area contributed by atoms with Crippen LogP contribution in [0.15, 0.2) is 47.2 Å². The Morgan fingerprint density at radius 2 is 2.12 bits per heavy atom. The van der Waals surface area contributed by atoms with E-state index in [0.29, 0.717) is 17.4 Å². The van der Waals surface area contributed by atoms with E-state index in [1.807, 2.05) is 24.3 Å². The van der Waals surface area contributed by atoms with Crippen LogP contribution in [-0.2, 0) is 0 Å². The van der Waals surface area contributed by atoms with Crippen LogP contribution in [-0.4, -0.2) is 20.2 Å². The van der Waals surface area contributed by atoms with Gasteiger partial charge >= 0.3 is 0 Å². The molecule has 0 aliphatic carbocycles. The number of rotatable bonds is 2. The predicted molar refractivity (Wildman–Crippen MR) is 57.3 cm³/mol. The summed E-state index contributed by atoms with van der Waals surface area (Å²) in [6.45, 7) is 0. The summed E-state index contributed by atoms with van der Waals surface area (Å²) in [6.07, 6.45) is 3.30. The molecule has 5 heteroatoms. The number of hydrogen-bond acceptors (Lipinski definition) is 4. The number of hydrogen-bond donors (Lipinski definition) is 1. The SMILES string of the molecule is c1ccc(-c2n[nH]c(-c3ccco3)n2)nc1. The van der Waals surface area contributed by atoms with Crippen LogP contribution < -0.4 is 0 Å². The maximum absolute atomic E-state index is 5.21. The second-order valence-electron chi connectivity index (χ2n) is 3.20. The maximum atomic E-state index is 5.21. The molecular formula is C11H8N4O. The van der Waals surface area contributed by atoms with Crippen molar-refractivity contribution in [2.75, 3.05) is 0 Å². The van der Waals surface area contributed by atoms with Crippen molar-refractivity contribution in [1.29, 1.82) is 0 Å². The van der Waals surface area contributed by atoms with E-state index in [1.165, 1.54) is 0 Å². The zero-order chi connectivity index (χ0) is 10.8. The van der Waals surface area contributed by atoms with E-state index in [2.05, 4.69) is 20.2 Å². The monoisotopic (exact) mass is 212 g/mol. The first-order valence-corrected chi connectivity index (χ1v) is 4.81. The van der Waals surface area contributed by atoms with Crippen LogP contribution in [0.25, 0.3) is 23.1 Å². The van der Waals surface area contributed by atoms with Gasteiger partial charge in [0.15, 0.2) is 17.4 Å². The standard InChI is InChI=1S/C11H8N4O/c1-2-6-12-8(4-1)10-13-11(15-14-10)9-5-3-7-16-9/h1-7H,(H,13,14,15). The molecule has 3 heterocycles. The topological polar surface area (TPSA) is 67.6 Å². The van der Waals surface area contributed by atoms with Crippen molar-refractivity contribution in [3.63, 3.8) is 0 Å². The van der Waals surface area contributed by atoms with Gasteiger partial charge in [-0.05, 0) is 24.3 Å². The highest BCUT2D eigenvalue weighted by Crippen LogP contribution is 2.18. The molecule has 16 heavy (non-hydrogen) atoms. The van der Waals surface area contributed by atoms with Crippen LogP contribution in [0, 0.1) is 0 Å². The molecule has 0 bridgehead atoms. The fourth-order valence-electron chi connectivity index (χ4n) is 1.39. The molecule has 0 saturated carbocycles. The second kappa shape index (κ2) is 3.62. The molecule has 0 aliphatic rings. The van der Waals surface area contributed by atoms with Crippen LogP contribution >= 0.6 is 0 Å². The van der Waals surface area contributed by atoms with E-state index in [1.54, 1.807) is 18.5 Å². The lowest BCUT2D eigenvalue weighted by atomic mass is 10.3. The molecule has 78 valence electrons. The number of H-pyrrole nitrogens is 1. The van der Waals surface area contributed by atoms with Gasteiger partial charge in [-0.2, -0.15) is 5.10 Å². The van der Waals surface area contributed by atoms with E-state index in [0.717, 1.165) is 5.69 Å². The van der Waals surface area contributed by atoms with E-state index >= 15 is 0 Å². The van der Waals surface area contributed by atoms with E-state index in [9.17, 15) is 0 Å². The van der Waals surface area contributed by atoms with Crippen molar-refractivity contribution in [3.8, 4) is 23.1 Å². The molecule has 3 aromatic rings. The van der Waals surface area contributed by atoms with Gasteiger partial charge < -0.3 is 4.42 Å². The van der Waals surface area contributed by atoms with Crippen LogP contribution in [0.1, 0.15) is 0 Å². The molecule has 5 nitrogen and oxygen atoms in total. The molecule has 1 N–H and O–H groups in total. The van der Waals surface area contributed by atoms with E-state index in [4.69, 9.17) is 4.42 Å². The molecule has 0 spiro atoms. The summed E-state index contributed by atoms with van der Waals surface area (Å²) < 4.78 is 5.21. The normalized spacial score (nSPS) is 10.5. The van der Waals surface area contributed by atoms with Gasteiger partial charge in [-0.15, -0.1) is 0 Å². The summed E-state index contributed by atoms with van der Waals surface area (Å²) in [5.74, 6) is 1.83. The van der Waals surface area contributed by atoms with Crippen molar-refractivity contribution in [3.05, 3.63) is 42.8 Å². The largest absolute Gasteiger partial charge is 0.461 e. The molecule has 0 unspecified atom stereocenters. The first-order valence-electron chi connectivity index (χ1n) is 4.81. The fourth-order valence-corrected chi connectivity index (χ4v) is 1.39. The van der Waals surface area contributed by atoms with Gasteiger partial charge in [-0.25, -0.2) is 4.98 Å². The number of aromatic amines is 1. The van der Waals surface area contributed by atoms with Gasteiger partial charge in [0.05, 0.1) is 6.26 Å². The van der Waals surface area contributed by atoms with Crippen molar-refractivity contribution < 1.29 is 4.42 Å². The number of pyridine rings is 1. The van der Waals surface area contributed by atoms with E-state index in [-0.39, 0.29) is 0 Å². The molecule has 0 atom stereocenters. The Bertz CT molecular complexity index is 571. The van der Waals surface area contributed by atoms with Gasteiger partial charge in [0.1, 0.15) is 5.69 Å². The second-order valence-corrected chi connectivity index (χ2v) is 3.20. The van der Waals surface area contributed by atoms with Gasteiger partial charge in [-0.1, -0.05) is 6.07 Å². The summed E-state index contributed by atoms with van der Waals surface area (Å²) in [5, 5.41) is 6.90. The molecule has 0 amide bonds. The van der Waals surface area contributed by atoms with E-state index < -0.39 is 0 Å². The minimum atomic E-state index is 0.562. The number of aromatic nitrogens is 4. The summed E-state index contributed by atoms with van der Waals surface area (Å²) >= 11 is 0. The summed E-state index contributed by atoms with van der Waals surface area (Å²) in [5.41, 5.74) is 0.733. The Morgan fingerprint density at radius 1 is 1.12 bits per heavy atom. The molecule has 0 fully saturated rings. The highest BCUT2D eigenvalue weighted by atomic mass is 16.3. The number of nitrogens with zero attached hydrogens (tertiary/aromatic N) is 3. The lowest BCUT2D eigenvalue weighted by Gasteiger charge is -1.90. The zero-order valence-electron chi connectivity index (χ0n) is 8.29. The summed E-state index contributed by atoms with van der Waals surface area (Å²) in [7, 11) is 0. The van der Waals surface area contributed by atoms with Crippen molar-refractivity contribution in [1.82, 2.24) is 20.2 Å². The molecule has 3 rings (SSSR count). The van der Waals surface area contributed by atoms with Crippen LogP contribution in [0.3, 0.4) is 0 Å². The lowest BCUT2D eigenvalue weighted by Crippen LogP contribution is -1.83. The predicted octanol–water partition coefficient (Wildman–Crippen LogP) is 2.13. The highest BCUT2D eigenvalue weighted by molar-refractivity contribution is 5.54. The van der Waals surface area contributed by atoms with Crippen molar-refractivity contribution >= 4 is 0 Å². The minimum absolute atomic E-state index is 0.562. The third kappa shape index (κ3) is 1.48. The Balaban J connectivity index is 2.00. The highest BCUT2D eigenvalue weighted by Gasteiger charge is 2.09. The third-order valence-electron chi connectivity index (χ3n) is 2.13. The summed E-state index contributed by atoms with van der Waals surface area (Å²) in [4.78, 5) is 8.47. The summed E-state index contributed by atoms with van der Waals surface area (Å²) in [6, 6.07) is 9.23. The molecular weight excluding hydrogens is 204 g/mol. The average molecular weight is 212 g/mol. The van der Waals surface area contributed by atoms with Crippen LogP contribution in [0.4, 0.5) is 0 Å². The van der Waals surface area contributed by atoms with Crippen LogP contribution in [0.2, 0.25) is 0 Å². The number of nitrogens with one attached hydrogen (secondary N) is 1. The number of furan rings is 1. The lowest BCUT2D eigenvalue weighted by molar-refractivity contribution is 0.577. The Morgan fingerprint density at radius 3 is 2.88 bits per heavy atom. The molecule has 3 aromatic heterocycles. The average Bonchev–Trinajstić information content (AvgIpc) is 3.01. The quantitative estimate of drug-likeness (QED) is 0.706. The Hall–Kier alpha value is -2.43. The smallest absolute Gasteiger partial charge is 0.200 e. The minimum Gasteiger partial charge on any atom is -0.461 e. The van der Waals surface area contributed by atoms with Crippen LogP contribution in [0.5, 0.6) is 0 Å². The Kier molecular flexibility index (Phi) is 2.00. The zero-order valence-corrected chi connectivity index (χ0v) is 8.29. The molecule has 0 aromatic carbocycles. The molecule has 0 saturated heterocycles. The van der Waals surface area contributed by atoms with Gasteiger partial charge in [0, 0.05) is 6.20 Å². The van der Waals surface area contributed by atoms with Crippen molar-refractivity contribution in [2.45, 2.75) is 0 Å². The third-order valence-corrected chi connectivity index (χ3v) is 2.13. The Labute approximate surface area is 91.2 Å². The van der Waals surface area contributed by atoms with Gasteiger partial charge in [0.2, 0.25) is 0 Å². The van der Waals surface area contributed by atoms with Crippen molar-refractivity contribution in [2.24, 2.45) is 0 Å².